The Morgan fingerprint density at radius 3 is 2.87 bits per heavy atom. The molecule has 2 rings (SSSR count). The van der Waals surface area contributed by atoms with Crippen molar-refractivity contribution in [2.75, 3.05) is 0 Å². The first kappa shape index (κ1) is 10.2. The van der Waals surface area contributed by atoms with Gasteiger partial charge in [0.05, 0.1) is 6.20 Å². The van der Waals surface area contributed by atoms with Crippen molar-refractivity contribution in [3.8, 4) is 5.75 Å². The zero-order valence-electron chi connectivity index (χ0n) is 7.61. The Bertz CT molecular complexity index is 458. The van der Waals surface area contributed by atoms with Gasteiger partial charge in [-0.05, 0) is 28.1 Å². The summed E-state index contributed by atoms with van der Waals surface area (Å²) in [6.07, 6.45) is 1.51. The van der Waals surface area contributed by atoms with Gasteiger partial charge in [-0.3, -0.25) is 0 Å². The zero-order chi connectivity index (χ0) is 10.7. The molecule has 0 bridgehead atoms. The lowest BCUT2D eigenvalue weighted by Crippen LogP contribution is -1.97. The molecule has 0 amide bonds. The monoisotopic (exact) mass is 271 g/mol. The first-order valence-corrected chi connectivity index (χ1v) is 5.02. The van der Waals surface area contributed by atoms with Crippen molar-refractivity contribution in [2.24, 2.45) is 0 Å². The molecule has 0 radical (unpaired) electrons. The Kier molecular flexibility index (Phi) is 3.01. The van der Waals surface area contributed by atoms with E-state index in [1.54, 1.807) is 18.2 Å². The van der Waals surface area contributed by atoms with Crippen molar-refractivity contribution in [3.05, 3.63) is 46.8 Å². The molecule has 1 heterocycles. The molecule has 0 N–H and O–H groups in total. The molecule has 0 spiro atoms. The largest absolute Gasteiger partial charge is 0.481 e. The molecule has 5 heteroatoms. The van der Waals surface area contributed by atoms with Gasteiger partial charge in [0.1, 0.15) is 0 Å². The molecule has 0 saturated carbocycles. The van der Waals surface area contributed by atoms with Crippen LogP contribution in [0.5, 0.6) is 5.75 Å². The number of aromatic nitrogens is 1. The average Bonchev–Trinajstić information content (AvgIpc) is 2.63. The van der Waals surface area contributed by atoms with Crippen LogP contribution in [0.4, 0.5) is 4.39 Å². The molecule has 1 aromatic heterocycles. The minimum Gasteiger partial charge on any atom is -0.481 e. The molecule has 2 aromatic rings. The molecule has 0 aliphatic heterocycles. The summed E-state index contributed by atoms with van der Waals surface area (Å²) >= 11 is 3.11. The fourth-order valence-corrected chi connectivity index (χ4v) is 1.35. The molecule has 15 heavy (non-hydrogen) atoms. The summed E-state index contributed by atoms with van der Waals surface area (Å²) in [6.45, 7) is 0.104. The fraction of sp³-hybridized carbons (Fsp3) is 0.100. The molecular weight excluding hydrogens is 265 g/mol. The Labute approximate surface area is 94.0 Å². The average molecular weight is 272 g/mol. The van der Waals surface area contributed by atoms with E-state index in [-0.39, 0.29) is 12.4 Å². The molecule has 0 fully saturated rings. The number of hydrogen-bond donors (Lipinski definition) is 0. The molecule has 0 aliphatic carbocycles. The quantitative estimate of drug-likeness (QED) is 0.860. The lowest BCUT2D eigenvalue weighted by atomic mass is 10.3. The van der Waals surface area contributed by atoms with Gasteiger partial charge >= 0.3 is 0 Å². The highest BCUT2D eigenvalue weighted by Crippen LogP contribution is 2.18. The fourth-order valence-electron chi connectivity index (χ4n) is 1.06. The van der Waals surface area contributed by atoms with Gasteiger partial charge in [0, 0.05) is 0 Å². The van der Waals surface area contributed by atoms with Crippen LogP contribution in [0, 0.1) is 5.82 Å². The van der Waals surface area contributed by atoms with Gasteiger partial charge in [-0.25, -0.2) is 9.37 Å². The molecule has 0 aliphatic rings. The van der Waals surface area contributed by atoms with E-state index in [2.05, 4.69) is 20.9 Å². The van der Waals surface area contributed by atoms with E-state index in [1.165, 1.54) is 12.3 Å². The number of halogens is 2. The smallest absolute Gasteiger partial charge is 0.233 e. The molecule has 3 nitrogen and oxygen atoms in total. The van der Waals surface area contributed by atoms with Gasteiger partial charge in [0.25, 0.3) is 0 Å². The van der Waals surface area contributed by atoms with Gasteiger partial charge in [-0.15, -0.1) is 0 Å². The number of hydrogen-bond acceptors (Lipinski definition) is 3. The molecule has 0 atom stereocenters. The minimum atomic E-state index is -0.400. The predicted molar refractivity (Wildman–Crippen MR) is 54.9 cm³/mol. The van der Waals surface area contributed by atoms with Gasteiger partial charge in [-0.1, -0.05) is 12.1 Å². The van der Waals surface area contributed by atoms with Crippen molar-refractivity contribution in [1.29, 1.82) is 0 Å². The lowest BCUT2D eigenvalue weighted by Gasteiger charge is -2.03. The number of nitrogens with zero attached hydrogens (tertiary/aromatic N) is 1. The van der Waals surface area contributed by atoms with Gasteiger partial charge in [-0.2, -0.15) is 0 Å². The van der Waals surface area contributed by atoms with E-state index in [9.17, 15) is 4.39 Å². The highest BCUT2D eigenvalue weighted by Gasteiger charge is 2.05. The van der Waals surface area contributed by atoms with Crippen LogP contribution in [0.15, 0.2) is 39.5 Å². The van der Waals surface area contributed by atoms with E-state index in [1.807, 2.05) is 0 Å². The summed E-state index contributed by atoms with van der Waals surface area (Å²) < 4.78 is 23.9. The number of ether oxygens (including phenoxy) is 1. The minimum absolute atomic E-state index is 0.104. The van der Waals surface area contributed by atoms with Gasteiger partial charge < -0.3 is 9.15 Å². The van der Waals surface area contributed by atoms with Crippen LogP contribution in [-0.2, 0) is 6.61 Å². The molecular formula is C10H7BrFNO2. The maximum Gasteiger partial charge on any atom is 0.233 e. The van der Waals surface area contributed by atoms with Crippen LogP contribution < -0.4 is 4.74 Å². The Balaban J connectivity index is 2.02. The summed E-state index contributed by atoms with van der Waals surface area (Å²) in [4.78, 5) is 3.90. The third-order valence-electron chi connectivity index (χ3n) is 1.71. The van der Waals surface area contributed by atoms with Gasteiger partial charge in [0.2, 0.25) is 5.89 Å². The Morgan fingerprint density at radius 2 is 2.20 bits per heavy atom. The maximum absolute atomic E-state index is 13.1. The van der Waals surface area contributed by atoms with E-state index in [0.717, 1.165) is 0 Å². The second kappa shape index (κ2) is 4.44. The maximum atomic E-state index is 13.1. The summed E-state index contributed by atoms with van der Waals surface area (Å²) in [5.41, 5.74) is 0. The van der Waals surface area contributed by atoms with Crippen LogP contribution in [0.25, 0.3) is 0 Å². The van der Waals surface area contributed by atoms with E-state index >= 15 is 0 Å². The van der Waals surface area contributed by atoms with Crippen molar-refractivity contribution >= 4 is 15.9 Å². The van der Waals surface area contributed by atoms with Crippen molar-refractivity contribution in [3.63, 3.8) is 0 Å². The highest BCUT2D eigenvalue weighted by atomic mass is 79.9. The van der Waals surface area contributed by atoms with E-state index in [0.29, 0.717) is 10.6 Å². The summed E-state index contributed by atoms with van der Waals surface area (Å²) in [5, 5.41) is 0. The van der Waals surface area contributed by atoms with E-state index < -0.39 is 5.82 Å². The highest BCUT2D eigenvalue weighted by molar-refractivity contribution is 9.10. The number of rotatable bonds is 3. The number of benzene rings is 1. The normalized spacial score (nSPS) is 10.3. The van der Waals surface area contributed by atoms with Crippen LogP contribution >= 0.6 is 15.9 Å². The Morgan fingerprint density at radius 1 is 1.40 bits per heavy atom. The summed E-state index contributed by atoms with van der Waals surface area (Å²) in [6, 6.07) is 6.18. The first-order chi connectivity index (χ1) is 7.25. The van der Waals surface area contributed by atoms with Crippen molar-refractivity contribution < 1.29 is 13.5 Å². The van der Waals surface area contributed by atoms with Crippen molar-refractivity contribution in [1.82, 2.24) is 4.98 Å². The third-order valence-corrected chi connectivity index (χ3v) is 2.08. The van der Waals surface area contributed by atoms with Crippen LogP contribution in [0.2, 0.25) is 0 Å². The standard InChI is InChI=1S/C10H7BrFNO2/c11-9-5-13-10(15-9)6-14-8-4-2-1-3-7(8)12/h1-5H,6H2. The summed E-state index contributed by atoms with van der Waals surface area (Å²) in [5.74, 6) is 0.181. The second-order valence-corrected chi connectivity index (χ2v) is 3.56. The molecule has 0 unspecified atom stereocenters. The number of oxazole rings is 1. The predicted octanol–water partition coefficient (Wildman–Crippen LogP) is 3.16. The number of para-hydroxylation sites is 1. The van der Waals surface area contributed by atoms with E-state index in [4.69, 9.17) is 9.15 Å². The zero-order valence-corrected chi connectivity index (χ0v) is 9.20. The summed E-state index contributed by atoms with van der Waals surface area (Å²) in [7, 11) is 0. The van der Waals surface area contributed by atoms with Gasteiger partial charge in [0.15, 0.2) is 22.8 Å². The SMILES string of the molecule is Fc1ccccc1OCc1ncc(Br)o1. The van der Waals surface area contributed by atoms with Crippen LogP contribution in [0.1, 0.15) is 5.89 Å². The molecule has 0 saturated heterocycles. The van der Waals surface area contributed by atoms with Crippen LogP contribution in [-0.4, -0.2) is 4.98 Å². The molecule has 1 aromatic carbocycles. The second-order valence-electron chi connectivity index (χ2n) is 2.78. The Hall–Kier alpha value is -1.36. The third kappa shape index (κ3) is 2.56. The lowest BCUT2D eigenvalue weighted by molar-refractivity contribution is 0.250. The van der Waals surface area contributed by atoms with Crippen LogP contribution in [0.3, 0.4) is 0 Å². The first-order valence-electron chi connectivity index (χ1n) is 4.23. The molecule has 78 valence electrons. The topological polar surface area (TPSA) is 35.3 Å². The van der Waals surface area contributed by atoms with Crippen molar-refractivity contribution in [2.45, 2.75) is 6.61 Å².